The molecule has 1 atom stereocenters. The number of hydrogen-bond donors (Lipinski definition) is 1. The van der Waals surface area contributed by atoms with Crippen molar-refractivity contribution in [2.45, 2.75) is 12.6 Å². The molecule has 0 radical (unpaired) electrons. The number of carbonyl (C=O) groups is 1. The van der Waals surface area contributed by atoms with Crippen LogP contribution in [0.1, 0.15) is 12.0 Å². The number of benzene rings is 1. The van der Waals surface area contributed by atoms with Crippen LogP contribution in [0.15, 0.2) is 24.3 Å². The molecule has 1 saturated heterocycles. The highest BCUT2D eigenvalue weighted by Gasteiger charge is 2.34. The SMILES string of the molecule is COc1ccc(C=CC(=O)NCC2CCN(CC(F)(F)F)C2)cc1F. The molecule has 1 amide bonds. The van der Waals surface area contributed by atoms with E-state index in [2.05, 4.69) is 5.32 Å². The lowest BCUT2D eigenvalue weighted by Crippen LogP contribution is -2.34. The fraction of sp³-hybridized carbons (Fsp3) is 0.471. The van der Waals surface area contributed by atoms with Gasteiger partial charge in [-0.1, -0.05) is 6.07 Å². The maximum Gasteiger partial charge on any atom is 0.401 e. The maximum atomic E-state index is 13.5. The smallest absolute Gasteiger partial charge is 0.401 e. The number of carbonyl (C=O) groups excluding carboxylic acids is 1. The Hall–Kier alpha value is -2.09. The van der Waals surface area contributed by atoms with E-state index < -0.39 is 18.5 Å². The molecular formula is C17H20F4N2O2. The van der Waals surface area contributed by atoms with Crippen LogP contribution in [-0.4, -0.2) is 50.3 Å². The van der Waals surface area contributed by atoms with E-state index in [1.807, 2.05) is 0 Å². The maximum absolute atomic E-state index is 13.5. The zero-order valence-electron chi connectivity index (χ0n) is 13.8. The molecule has 1 aromatic carbocycles. The molecule has 4 nitrogen and oxygen atoms in total. The third-order valence-electron chi connectivity index (χ3n) is 3.94. The van der Waals surface area contributed by atoms with Gasteiger partial charge in [0.15, 0.2) is 11.6 Å². The van der Waals surface area contributed by atoms with Gasteiger partial charge in [0.05, 0.1) is 13.7 Å². The summed E-state index contributed by atoms with van der Waals surface area (Å²) < 4.78 is 55.3. The fourth-order valence-electron chi connectivity index (χ4n) is 2.74. The van der Waals surface area contributed by atoms with Crippen LogP contribution in [0.25, 0.3) is 6.08 Å². The number of rotatable bonds is 6. The molecular weight excluding hydrogens is 340 g/mol. The van der Waals surface area contributed by atoms with Crippen LogP contribution in [0.4, 0.5) is 17.6 Å². The summed E-state index contributed by atoms with van der Waals surface area (Å²) in [4.78, 5) is 13.1. The van der Waals surface area contributed by atoms with Crippen LogP contribution in [0.2, 0.25) is 0 Å². The minimum Gasteiger partial charge on any atom is -0.494 e. The highest BCUT2D eigenvalue weighted by molar-refractivity contribution is 5.91. The van der Waals surface area contributed by atoms with E-state index in [0.717, 1.165) is 0 Å². The summed E-state index contributed by atoms with van der Waals surface area (Å²) >= 11 is 0. The number of methoxy groups -OCH3 is 1. The molecule has 1 aromatic rings. The first-order valence-corrected chi connectivity index (χ1v) is 7.85. The molecule has 0 aromatic heterocycles. The standard InChI is InChI=1S/C17H20F4N2O2/c1-25-15-4-2-12(8-14(15)18)3-5-16(24)22-9-13-6-7-23(10-13)11-17(19,20)21/h2-5,8,13H,6-7,9-11H2,1H3,(H,22,24). The first kappa shape index (κ1) is 19.2. The Bertz CT molecular complexity index is 632. The zero-order chi connectivity index (χ0) is 18.4. The van der Waals surface area contributed by atoms with Crippen molar-refractivity contribution in [2.75, 3.05) is 33.3 Å². The van der Waals surface area contributed by atoms with E-state index in [-0.39, 0.29) is 17.6 Å². The summed E-state index contributed by atoms with van der Waals surface area (Å²) in [7, 11) is 1.36. The quantitative estimate of drug-likeness (QED) is 0.627. The van der Waals surface area contributed by atoms with Gasteiger partial charge in [0, 0.05) is 19.2 Å². The average Bonchev–Trinajstić information content (AvgIpc) is 2.96. The topological polar surface area (TPSA) is 41.6 Å². The van der Waals surface area contributed by atoms with Crippen molar-refractivity contribution < 1.29 is 27.1 Å². The molecule has 1 aliphatic rings. The van der Waals surface area contributed by atoms with Gasteiger partial charge in [-0.2, -0.15) is 13.2 Å². The van der Waals surface area contributed by atoms with Gasteiger partial charge in [0.25, 0.3) is 0 Å². The molecule has 138 valence electrons. The average molecular weight is 360 g/mol. The molecule has 0 spiro atoms. The summed E-state index contributed by atoms with van der Waals surface area (Å²) in [6, 6.07) is 4.31. The van der Waals surface area contributed by atoms with Gasteiger partial charge >= 0.3 is 6.18 Å². The zero-order valence-corrected chi connectivity index (χ0v) is 13.8. The lowest BCUT2D eigenvalue weighted by molar-refractivity contribution is -0.143. The molecule has 1 N–H and O–H groups in total. The van der Waals surface area contributed by atoms with Gasteiger partial charge in [0.2, 0.25) is 5.91 Å². The molecule has 1 heterocycles. The first-order valence-electron chi connectivity index (χ1n) is 7.85. The van der Waals surface area contributed by atoms with Gasteiger partial charge in [-0.3, -0.25) is 9.69 Å². The third kappa shape index (κ3) is 6.38. The minimum absolute atomic E-state index is 0.00173. The Morgan fingerprint density at radius 2 is 2.20 bits per heavy atom. The summed E-state index contributed by atoms with van der Waals surface area (Å²) in [5, 5.41) is 2.66. The molecule has 0 bridgehead atoms. The lowest BCUT2D eigenvalue weighted by Gasteiger charge is -2.17. The highest BCUT2D eigenvalue weighted by atomic mass is 19.4. The number of halogens is 4. The first-order chi connectivity index (χ1) is 11.8. The number of amides is 1. The van der Waals surface area contributed by atoms with Crippen molar-refractivity contribution in [3.8, 4) is 5.75 Å². The van der Waals surface area contributed by atoms with E-state index in [4.69, 9.17) is 4.74 Å². The van der Waals surface area contributed by atoms with E-state index in [1.54, 1.807) is 6.07 Å². The van der Waals surface area contributed by atoms with Crippen molar-refractivity contribution in [2.24, 2.45) is 5.92 Å². The van der Waals surface area contributed by atoms with Gasteiger partial charge < -0.3 is 10.1 Å². The minimum atomic E-state index is -4.20. The normalized spacial score (nSPS) is 18.7. The van der Waals surface area contributed by atoms with Crippen LogP contribution in [0.3, 0.4) is 0 Å². The fourth-order valence-corrected chi connectivity index (χ4v) is 2.74. The lowest BCUT2D eigenvalue weighted by atomic mass is 10.1. The second kappa shape index (κ2) is 8.33. The number of ether oxygens (including phenoxy) is 1. The van der Waals surface area contributed by atoms with Gasteiger partial charge in [-0.15, -0.1) is 0 Å². The van der Waals surface area contributed by atoms with Gasteiger partial charge in [-0.05, 0) is 42.7 Å². The molecule has 1 fully saturated rings. The Labute approximate surface area is 143 Å². The van der Waals surface area contributed by atoms with Crippen LogP contribution in [0.5, 0.6) is 5.75 Å². The molecule has 25 heavy (non-hydrogen) atoms. The van der Waals surface area contributed by atoms with Crippen molar-refractivity contribution in [1.29, 1.82) is 0 Å². The predicted octanol–water partition coefficient (Wildman–Crippen LogP) is 2.85. The largest absolute Gasteiger partial charge is 0.494 e. The number of hydrogen-bond acceptors (Lipinski definition) is 3. The second-order valence-electron chi connectivity index (χ2n) is 5.98. The summed E-state index contributed by atoms with van der Waals surface area (Å²) in [6.45, 7) is 0.0864. The Kier molecular flexibility index (Phi) is 6.41. The van der Waals surface area contributed by atoms with E-state index in [0.29, 0.717) is 31.6 Å². The van der Waals surface area contributed by atoms with E-state index in [9.17, 15) is 22.4 Å². The van der Waals surface area contributed by atoms with E-state index >= 15 is 0 Å². The number of nitrogens with one attached hydrogen (secondary N) is 1. The highest BCUT2D eigenvalue weighted by Crippen LogP contribution is 2.22. The molecule has 8 heteroatoms. The van der Waals surface area contributed by atoms with Crippen molar-refractivity contribution in [3.05, 3.63) is 35.7 Å². The molecule has 1 aliphatic heterocycles. The predicted molar refractivity (Wildman–Crippen MR) is 85.6 cm³/mol. The van der Waals surface area contributed by atoms with Gasteiger partial charge in [0.1, 0.15) is 0 Å². The second-order valence-corrected chi connectivity index (χ2v) is 5.98. The van der Waals surface area contributed by atoms with Crippen LogP contribution < -0.4 is 10.1 Å². The number of alkyl halides is 3. The Morgan fingerprint density at radius 3 is 2.84 bits per heavy atom. The van der Waals surface area contributed by atoms with Crippen LogP contribution >= 0.6 is 0 Å². The summed E-state index contributed by atoms with van der Waals surface area (Å²) in [5.74, 6) is -0.782. The summed E-state index contributed by atoms with van der Waals surface area (Å²) in [5.41, 5.74) is 0.505. The molecule has 0 saturated carbocycles. The Morgan fingerprint density at radius 1 is 1.44 bits per heavy atom. The van der Waals surface area contributed by atoms with Gasteiger partial charge in [-0.25, -0.2) is 4.39 Å². The number of nitrogens with zero attached hydrogens (tertiary/aromatic N) is 1. The summed E-state index contributed by atoms with van der Waals surface area (Å²) in [6.07, 6.45) is -0.857. The van der Waals surface area contributed by atoms with Crippen molar-refractivity contribution in [1.82, 2.24) is 10.2 Å². The Balaban J connectivity index is 1.76. The molecule has 0 aliphatic carbocycles. The van der Waals surface area contributed by atoms with Crippen molar-refractivity contribution >= 4 is 12.0 Å². The van der Waals surface area contributed by atoms with E-state index in [1.165, 1.54) is 36.3 Å². The van der Waals surface area contributed by atoms with Crippen molar-refractivity contribution in [3.63, 3.8) is 0 Å². The monoisotopic (exact) mass is 360 g/mol. The molecule has 1 unspecified atom stereocenters. The third-order valence-corrected chi connectivity index (χ3v) is 3.94. The van der Waals surface area contributed by atoms with Crippen LogP contribution in [-0.2, 0) is 4.79 Å². The molecule has 2 rings (SSSR count). The van der Waals surface area contributed by atoms with Crippen LogP contribution in [0, 0.1) is 11.7 Å². The number of likely N-dealkylation sites (tertiary alicyclic amines) is 1.